The van der Waals surface area contributed by atoms with Crippen LogP contribution in [-0.2, 0) is 20.8 Å². The van der Waals surface area contributed by atoms with E-state index in [1.165, 1.54) is 0 Å². The molecule has 5 nitrogen and oxygen atoms in total. The summed E-state index contributed by atoms with van der Waals surface area (Å²) in [5, 5.41) is 0. The molecule has 0 N–H and O–H groups in total. The van der Waals surface area contributed by atoms with E-state index >= 15 is 0 Å². The van der Waals surface area contributed by atoms with Crippen LogP contribution in [-0.4, -0.2) is 53.9 Å². The van der Waals surface area contributed by atoms with Crippen molar-refractivity contribution >= 4 is 5.91 Å². The van der Waals surface area contributed by atoms with Crippen molar-refractivity contribution in [2.24, 2.45) is 23.7 Å². The minimum Gasteiger partial charge on any atom is -0.381 e. The lowest BCUT2D eigenvalue weighted by molar-refractivity contribution is -0.149. The lowest BCUT2D eigenvalue weighted by Gasteiger charge is -2.39. The number of carbonyl (C=O) groups excluding carboxylic acids is 1. The second-order valence-corrected chi connectivity index (χ2v) is 7.54. The topological polar surface area (TPSA) is 43.7 Å². The average molecular weight is 316 g/mol. The molecule has 124 valence electrons. The van der Waals surface area contributed by atoms with Crippen molar-refractivity contribution in [3.63, 3.8) is 0 Å². The van der Waals surface area contributed by atoms with E-state index in [9.17, 15) is 4.79 Å². The van der Waals surface area contributed by atoms with Gasteiger partial charge in [0.2, 0.25) is 5.91 Å². The van der Waals surface area contributed by atoms with E-state index in [2.05, 4.69) is 34.0 Å². The molecular formula is C18H24N2O3. The Labute approximate surface area is 136 Å². The van der Waals surface area contributed by atoms with Crippen LogP contribution in [0.1, 0.15) is 12.8 Å². The van der Waals surface area contributed by atoms with Gasteiger partial charge in [0.1, 0.15) is 0 Å². The van der Waals surface area contributed by atoms with Gasteiger partial charge in [-0.1, -0.05) is 0 Å². The minimum absolute atomic E-state index is 0.213. The van der Waals surface area contributed by atoms with Crippen LogP contribution in [0.4, 0.5) is 0 Å². The number of amides is 1. The van der Waals surface area contributed by atoms with Crippen molar-refractivity contribution in [3.8, 4) is 0 Å². The molecule has 2 aliphatic heterocycles. The van der Waals surface area contributed by atoms with E-state index in [0.29, 0.717) is 36.3 Å². The number of hydrogen-bond acceptors (Lipinski definition) is 3. The molecule has 4 unspecified atom stereocenters. The van der Waals surface area contributed by atoms with Gasteiger partial charge in [-0.25, -0.2) is 0 Å². The van der Waals surface area contributed by atoms with E-state index in [-0.39, 0.29) is 12.0 Å². The molecule has 5 heteroatoms. The molecule has 3 heterocycles. The van der Waals surface area contributed by atoms with Crippen LogP contribution >= 0.6 is 0 Å². The van der Waals surface area contributed by atoms with Gasteiger partial charge >= 0.3 is 0 Å². The number of nitrogens with zero attached hydrogens (tertiary/aromatic N) is 2. The fourth-order valence-corrected chi connectivity index (χ4v) is 5.09. The number of carbonyl (C=O) groups is 1. The summed E-state index contributed by atoms with van der Waals surface area (Å²) in [6, 6.07) is 4.43. The zero-order chi connectivity index (χ0) is 15.4. The third-order valence-electron chi connectivity index (χ3n) is 6.35. The SMILES string of the molecule is O=C(C1[C@H]2COC[C@@H]12)N1CCOC2C(Cn3cccc3)CCC21. The van der Waals surface area contributed by atoms with Crippen molar-refractivity contribution in [2.45, 2.75) is 31.5 Å². The zero-order valence-electron chi connectivity index (χ0n) is 13.3. The van der Waals surface area contributed by atoms with Crippen molar-refractivity contribution < 1.29 is 14.3 Å². The first kappa shape index (κ1) is 14.1. The number of ether oxygens (including phenoxy) is 2. The molecule has 6 atom stereocenters. The molecule has 2 saturated heterocycles. The van der Waals surface area contributed by atoms with Gasteiger partial charge in [-0.05, 0) is 36.8 Å². The highest BCUT2D eigenvalue weighted by atomic mass is 16.5. The van der Waals surface area contributed by atoms with E-state index in [1.54, 1.807) is 0 Å². The zero-order valence-corrected chi connectivity index (χ0v) is 13.3. The third kappa shape index (κ3) is 2.24. The van der Waals surface area contributed by atoms with Gasteiger partial charge in [-0.3, -0.25) is 4.79 Å². The highest BCUT2D eigenvalue weighted by Gasteiger charge is 2.60. The van der Waals surface area contributed by atoms with E-state index < -0.39 is 0 Å². The largest absolute Gasteiger partial charge is 0.381 e. The van der Waals surface area contributed by atoms with Crippen LogP contribution in [0.5, 0.6) is 0 Å². The summed E-state index contributed by atoms with van der Waals surface area (Å²) in [7, 11) is 0. The van der Waals surface area contributed by atoms with Gasteiger partial charge in [0.05, 0.1) is 32.0 Å². The van der Waals surface area contributed by atoms with E-state index in [4.69, 9.17) is 9.47 Å². The van der Waals surface area contributed by atoms with Gasteiger partial charge in [0, 0.05) is 37.3 Å². The fourth-order valence-electron chi connectivity index (χ4n) is 5.09. The fraction of sp³-hybridized carbons (Fsp3) is 0.722. The Balaban J connectivity index is 1.28. The molecule has 2 aliphatic carbocycles. The Hall–Kier alpha value is -1.33. The standard InChI is InChI=1S/C18H24N2O3/c21-18(16-13-10-22-11-14(13)16)20-7-8-23-17-12(3-4-15(17)20)9-19-5-1-2-6-19/h1-2,5-6,12-17H,3-4,7-11H2/t12?,13-,14+,15?,16?,17?. The van der Waals surface area contributed by atoms with Crippen molar-refractivity contribution in [2.75, 3.05) is 26.4 Å². The molecular weight excluding hydrogens is 292 g/mol. The Bertz CT molecular complexity index is 577. The Morgan fingerprint density at radius 3 is 2.70 bits per heavy atom. The number of rotatable bonds is 3. The Morgan fingerprint density at radius 1 is 1.13 bits per heavy atom. The van der Waals surface area contributed by atoms with Crippen LogP contribution in [0, 0.1) is 23.7 Å². The summed E-state index contributed by atoms with van der Waals surface area (Å²) >= 11 is 0. The summed E-state index contributed by atoms with van der Waals surface area (Å²) in [4.78, 5) is 15.1. The summed E-state index contributed by atoms with van der Waals surface area (Å²) < 4.78 is 13.8. The molecule has 4 aliphatic rings. The van der Waals surface area contributed by atoms with Gasteiger partial charge in [-0.15, -0.1) is 0 Å². The first-order valence-electron chi connectivity index (χ1n) is 8.93. The Morgan fingerprint density at radius 2 is 1.91 bits per heavy atom. The molecule has 0 radical (unpaired) electrons. The van der Waals surface area contributed by atoms with Gasteiger partial charge in [0.15, 0.2) is 0 Å². The molecule has 0 aromatic carbocycles. The molecule has 23 heavy (non-hydrogen) atoms. The predicted molar refractivity (Wildman–Crippen MR) is 83.7 cm³/mol. The van der Waals surface area contributed by atoms with Crippen molar-refractivity contribution in [3.05, 3.63) is 24.5 Å². The van der Waals surface area contributed by atoms with Crippen LogP contribution in [0.2, 0.25) is 0 Å². The van der Waals surface area contributed by atoms with Crippen LogP contribution in [0.15, 0.2) is 24.5 Å². The molecule has 2 saturated carbocycles. The van der Waals surface area contributed by atoms with Crippen LogP contribution in [0.25, 0.3) is 0 Å². The number of hydrogen-bond donors (Lipinski definition) is 0. The average Bonchev–Trinajstić information content (AvgIpc) is 3.08. The first-order valence-corrected chi connectivity index (χ1v) is 8.93. The lowest BCUT2D eigenvalue weighted by Crippen LogP contribution is -2.53. The van der Waals surface area contributed by atoms with E-state index in [0.717, 1.165) is 39.1 Å². The van der Waals surface area contributed by atoms with Crippen molar-refractivity contribution in [1.29, 1.82) is 0 Å². The van der Waals surface area contributed by atoms with Gasteiger partial charge < -0.3 is 18.9 Å². The maximum absolute atomic E-state index is 12.9. The smallest absolute Gasteiger partial charge is 0.226 e. The second kappa shape index (κ2) is 5.35. The highest BCUT2D eigenvalue weighted by Crippen LogP contribution is 2.52. The third-order valence-corrected chi connectivity index (χ3v) is 6.35. The van der Waals surface area contributed by atoms with Crippen LogP contribution < -0.4 is 0 Å². The van der Waals surface area contributed by atoms with Crippen molar-refractivity contribution in [1.82, 2.24) is 9.47 Å². The second-order valence-electron chi connectivity index (χ2n) is 7.54. The number of aromatic nitrogens is 1. The lowest BCUT2D eigenvalue weighted by atomic mass is 10.0. The molecule has 1 aromatic heterocycles. The predicted octanol–water partition coefficient (Wildman–Crippen LogP) is 1.39. The molecule has 1 aromatic rings. The maximum Gasteiger partial charge on any atom is 0.226 e. The number of fused-ring (bicyclic) bond motifs is 2. The summed E-state index contributed by atoms with van der Waals surface area (Å²) in [5.74, 6) is 2.14. The molecule has 0 spiro atoms. The number of morpholine rings is 1. The Kier molecular flexibility index (Phi) is 3.27. The minimum atomic E-state index is 0.213. The molecule has 5 rings (SSSR count). The summed E-state index contributed by atoms with van der Waals surface area (Å²) in [6.45, 7) is 4.03. The quantitative estimate of drug-likeness (QED) is 0.846. The van der Waals surface area contributed by atoms with Crippen LogP contribution in [0.3, 0.4) is 0 Å². The van der Waals surface area contributed by atoms with Gasteiger partial charge in [-0.2, -0.15) is 0 Å². The molecule has 1 amide bonds. The van der Waals surface area contributed by atoms with Gasteiger partial charge in [0.25, 0.3) is 0 Å². The monoisotopic (exact) mass is 316 g/mol. The highest BCUT2D eigenvalue weighted by molar-refractivity contribution is 5.83. The normalized spacial score (nSPS) is 41.7. The summed E-state index contributed by atoms with van der Waals surface area (Å²) in [6.07, 6.45) is 6.68. The molecule has 0 bridgehead atoms. The first-order chi connectivity index (χ1) is 11.3. The maximum atomic E-state index is 12.9. The summed E-state index contributed by atoms with van der Waals surface area (Å²) in [5.41, 5.74) is 0. The molecule has 4 fully saturated rings. The van der Waals surface area contributed by atoms with E-state index in [1.807, 2.05) is 0 Å².